The van der Waals surface area contributed by atoms with Gasteiger partial charge in [0.05, 0.1) is 12.8 Å². The van der Waals surface area contributed by atoms with Crippen LogP contribution < -0.4 is 5.69 Å². The second-order valence-electron chi connectivity index (χ2n) is 3.09. The van der Waals surface area contributed by atoms with Crippen LogP contribution in [-0.4, -0.2) is 20.6 Å². The molecule has 0 bridgehead atoms. The van der Waals surface area contributed by atoms with E-state index < -0.39 is 11.7 Å². The molecule has 2 aromatic heterocycles. The highest BCUT2D eigenvalue weighted by atomic mass is 16.4. The molecule has 0 saturated heterocycles. The van der Waals surface area contributed by atoms with Gasteiger partial charge in [-0.25, -0.2) is 14.6 Å². The Morgan fingerprint density at radius 3 is 3.06 bits per heavy atom. The van der Waals surface area contributed by atoms with Crippen molar-refractivity contribution in [2.75, 3.05) is 0 Å². The van der Waals surface area contributed by atoms with Gasteiger partial charge < -0.3 is 9.52 Å². The normalized spacial score (nSPS) is 10.2. The topological polar surface area (TPSA) is 85.3 Å². The summed E-state index contributed by atoms with van der Waals surface area (Å²) in [5.74, 6) is -0.858. The van der Waals surface area contributed by atoms with E-state index >= 15 is 0 Å². The number of nitrogens with zero attached hydrogens (tertiary/aromatic N) is 2. The van der Waals surface area contributed by atoms with Crippen LogP contribution in [0.25, 0.3) is 0 Å². The molecule has 2 aromatic rings. The van der Waals surface area contributed by atoms with Crippen LogP contribution in [-0.2, 0) is 6.54 Å². The zero-order valence-electron chi connectivity index (χ0n) is 8.16. The molecule has 0 amide bonds. The van der Waals surface area contributed by atoms with E-state index in [2.05, 4.69) is 4.98 Å². The number of hydrogen-bond acceptors (Lipinski definition) is 4. The summed E-state index contributed by atoms with van der Waals surface area (Å²) in [6.07, 6.45) is 4.17. The Morgan fingerprint density at radius 1 is 1.56 bits per heavy atom. The summed E-state index contributed by atoms with van der Waals surface area (Å²) in [6.45, 7) is 0.0569. The van der Waals surface area contributed by atoms with Gasteiger partial charge in [0.15, 0.2) is 0 Å². The van der Waals surface area contributed by atoms with Crippen LogP contribution >= 0.6 is 0 Å². The van der Waals surface area contributed by atoms with E-state index in [9.17, 15) is 9.59 Å². The van der Waals surface area contributed by atoms with Crippen LogP contribution in [0.3, 0.4) is 0 Å². The second-order valence-corrected chi connectivity index (χ2v) is 3.09. The average Bonchev–Trinajstić information content (AvgIpc) is 2.69. The van der Waals surface area contributed by atoms with Gasteiger partial charge in [0.25, 0.3) is 0 Å². The van der Waals surface area contributed by atoms with Crippen molar-refractivity contribution in [3.8, 4) is 0 Å². The molecular formula is C10H8N2O4. The average molecular weight is 220 g/mol. The zero-order chi connectivity index (χ0) is 11.5. The first kappa shape index (κ1) is 10.2. The van der Waals surface area contributed by atoms with Crippen LogP contribution in [0.4, 0.5) is 0 Å². The Bertz CT molecular complexity index is 570. The minimum Gasteiger partial charge on any atom is -0.478 e. The molecule has 0 radical (unpaired) electrons. The Kier molecular flexibility index (Phi) is 2.55. The molecule has 1 N–H and O–H groups in total. The number of furan rings is 1. The van der Waals surface area contributed by atoms with Gasteiger partial charge in [0.2, 0.25) is 0 Å². The number of carboxylic acid groups (broad SMARTS) is 1. The molecule has 0 atom stereocenters. The quantitative estimate of drug-likeness (QED) is 0.817. The van der Waals surface area contributed by atoms with E-state index in [1.807, 2.05) is 0 Å². The monoisotopic (exact) mass is 220 g/mol. The summed E-state index contributed by atoms with van der Waals surface area (Å²) in [7, 11) is 0. The maximum atomic E-state index is 11.3. The van der Waals surface area contributed by atoms with Gasteiger partial charge in [-0.3, -0.25) is 4.57 Å². The largest absolute Gasteiger partial charge is 0.478 e. The van der Waals surface area contributed by atoms with Crippen molar-refractivity contribution in [2.24, 2.45) is 0 Å². The van der Waals surface area contributed by atoms with Gasteiger partial charge in [0.1, 0.15) is 11.3 Å². The van der Waals surface area contributed by atoms with Crippen LogP contribution in [0.1, 0.15) is 16.1 Å². The molecule has 0 aromatic carbocycles. The maximum Gasteiger partial charge on any atom is 0.347 e. The Morgan fingerprint density at radius 2 is 2.38 bits per heavy atom. The summed E-state index contributed by atoms with van der Waals surface area (Å²) < 4.78 is 6.29. The van der Waals surface area contributed by atoms with Gasteiger partial charge in [0, 0.05) is 12.4 Å². The first-order valence-corrected chi connectivity index (χ1v) is 4.49. The van der Waals surface area contributed by atoms with Crippen molar-refractivity contribution in [3.05, 3.63) is 52.6 Å². The van der Waals surface area contributed by atoms with Crippen molar-refractivity contribution in [1.29, 1.82) is 0 Å². The van der Waals surface area contributed by atoms with Crippen LogP contribution in [0.15, 0.2) is 40.0 Å². The lowest BCUT2D eigenvalue weighted by atomic mass is 10.2. The number of aromatic carboxylic acids is 1. The van der Waals surface area contributed by atoms with E-state index in [1.165, 1.54) is 29.3 Å². The Hall–Kier alpha value is -2.37. The first-order chi connectivity index (χ1) is 7.68. The minimum absolute atomic E-state index is 0.0516. The van der Waals surface area contributed by atoms with Gasteiger partial charge in [-0.05, 0) is 12.1 Å². The van der Waals surface area contributed by atoms with E-state index in [4.69, 9.17) is 9.52 Å². The third-order valence-electron chi connectivity index (χ3n) is 2.07. The summed E-state index contributed by atoms with van der Waals surface area (Å²) >= 11 is 0. The summed E-state index contributed by atoms with van der Waals surface area (Å²) in [4.78, 5) is 25.6. The highest BCUT2D eigenvalue weighted by Crippen LogP contribution is 2.11. The molecule has 0 spiro atoms. The van der Waals surface area contributed by atoms with E-state index in [0.29, 0.717) is 0 Å². The highest BCUT2D eigenvalue weighted by molar-refractivity contribution is 5.88. The molecule has 82 valence electrons. The summed E-state index contributed by atoms with van der Waals surface area (Å²) in [5.41, 5.74) is -0.397. The van der Waals surface area contributed by atoms with Crippen molar-refractivity contribution in [3.63, 3.8) is 0 Å². The third-order valence-corrected chi connectivity index (χ3v) is 2.07. The van der Waals surface area contributed by atoms with E-state index in [0.717, 1.165) is 0 Å². The van der Waals surface area contributed by atoms with Gasteiger partial charge in [-0.2, -0.15) is 0 Å². The highest BCUT2D eigenvalue weighted by Gasteiger charge is 2.13. The van der Waals surface area contributed by atoms with Crippen molar-refractivity contribution in [1.82, 2.24) is 9.55 Å². The lowest BCUT2D eigenvalue weighted by Crippen LogP contribution is -2.22. The second kappa shape index (κ2) is 4.01. The number of aromatic nitrogens is 2. The fourth-order valence-electron chi connectivity index (χ4n) is 1.32. The van der Waals surface area contributed by atoms with Gasteiger partial charge in [-0.15, -0.1) is 0 Å². The number of rotatable bonds is 3. The van der Waals surface area contributed by atoms with E-state index in [1.54, 1.807) is 6.07 Å². The molecule has 0 fully saturated rings. The smallest absolute Gasteiger partial charge is 0.347 e. The standard InChI is InChI=1S/C10H8N2O4/c13-9(14)7-2-5-16-8(7)6-12-4-1-3-11-10(12)15/h1-5H,6H2,(H,13,14). The Balaban J connectivity index is 2.35. The SMILES string of the molecule is O=C(O)c1ccoc1Cn1cccnc1=O. The maximum absolute atomic E-state index is 11.3. The fourth-order valence-corrected chi connectivity index (χ4v) is 1.32. The minimum atomic E-state index is -1.08. The predicted molar refractivity (Wildman–Crippen MR) is 53.3 cm³/mol. The molecule has 0 aliphatic heterocycles. The number of carbonyl (C=O) groups is 1. The molecule has 6 nitrogen and oxygen atoms in total. The van der Waals surface area contributed by atoms with Crippen LogP contribution in [0.5, 0.6) is 0 Å². The Labute approximate surface area is 89.8 Å². The zero-order valence-corrected chi connectivity index (χ0v) is 8.16. The molecular weight excluding hydrogens is 212 g/mol. The van der Waals surface area contributed by atoms with Crippen molar-refractivity contribution in [2.45, 2.75) is 6.54 Å². The molecule has 16 heavy (non-hydrogen) atoms. The fraction of sp³-hybridized carbons (Fsp3) is 0.100. The van der Waals surface area contributed by atoms with E-state index in [-0.39, 0.29) is 17.9 Å². The number of hydrogen-bond donors (Lipinski definition) is 1. The number of carboxylic acids is 1. The van der Waals surface area contributed by atoms with Crippen molar-refractivity contribution >= 4 is 5.97 Å². The molecule has 0 saturated carbocycles. The third kappa shape index (κ3) is 1.85. The molecule has 0 aliphatic carbocycles. The van der Waals surface area contributed by atoms with Crippen LogP contribution in [0.2, 0.25) is 0 Å². The molecule has 6 heteroatoms. The van der Waals surface area contributed by atoms with Gasteiger partial charge in [-0.1, -0.05) is 0 Å². The first-order valence-electron chi connectivity index (χ1n) is 4.49. The molecule has 0 aliphatic rings. The molecule has 0 unspecified atom stereocenters. The molecule has 2 rings (SSSR count). The van der Waals surface area contributed by atoms with Crippen molar-refractivity contribution < 1.29 is 14.3 Å². The molecule has 2 heterocycles. The summed E-state index contributed by atoms with van der Waals surface area (Å²) in [5, 5.41) is 8.84. The predicted octanol–water partition coefficient (Wildman–Crippen LogP) is 0.583. The summed E-state index contributed by atoms with van der Waals surface area (Å²) in [6, 6.07) is 2.93. The van der Waals surface area contributed by atoms with Crippen LogP contribution in [0, 0.1) is 0 Å². The lowest BCUT2D eigenvalue weighted by molar-refractivity contribution is 0.0694. The lowest BCUT2D eigenvalue weighted by Gasteiger charge is -2.02. The van der Waals surface area contributed by atoms with Gasteiger partial charge >= 0.3 is 11.7 Å².